The summed E-state index contributed by atoms with van der Waals surface area (Å²) < 4.78 is 45.3. The second kappa shape index (κ2) is 8.16. The maximum Gasteiger partial charge on any atom is 0.396 e. The molecule has 1 aromatic heterocycles. The summed E-state index contributed by atoms with van der Waals surface area (Å²) in [5, 5.41) is 7.10. The molecule has 0 saturated carbocycles. The van der Waals surface area contributed by atoms with Crippen LogP contribution in [0.15, 0.2) is 34.9 Å². The number of nitrogens with one attached hydrogen (secondary N) is 1. The lowest BCUT2D eigenvalue weighted by atomic mass is 9.95. The van der Waals surface area contributed by atoms with Gasteiger partial charge in [0.2, 0.25) is 5.89 Å². The monoisotopic (exact) mass is 376 g/mol. The van der Waals surface area contributed by atoms with E-state index in [-0.39, 0.29) is 36.3 Å². The number of rotatable bonds is 4. The van der Waals surface area contributed by atoms with E-state index in [0.717, 1.165) is 13.1 Å². The number of halogens is 4. The van der Waals surface area contributed by atoms with Crippen LogP contribution < -0.4 is 5.32 Å². The molecule has 2 atom stereocenters. The van der Waals surface area contributed by atoms with Crippen molar-refractivity contribution in [2.45, 2.75) is 24.6 Å². The van der Waals surface area contributed by atoms with Crippen LogP contribution in [-0.2, 0) is 6.42 Å². The van der Waals surface area contributed by atoms with Crippen molar-refractivity contribution in [3.05, 3.63) is 47.6 Å². The fourth-order valence-electron chi connectivity index (χ4n) is 2.86. The Morgan fingerprint density at radius 1 is 1.32 bits per heavy atom. The molecule has 0 bridgehead atoms. The van der Waals surface area contributed by atoms with Crippen molar-refractivity contribution in [3.8, 4) is 0 Å². The largest absolute Gasteiger partial charge is 0.396 e. The summed E-state index contributed by atoms with van der Waals surface area (Å²) in [6.45, 7) is 2.34. The minimum absolute atomic E-state index is 0. The highest BCUT2D eigenvalue weighted by atomic mass is 35.5. The minimum atomic E-state index is -4.38. The molecule has 138 valence electrons. The van der Waals surface area contributed by atoms with Crippen molar-refractivity contribution in [1.29, 1.82) is 0 Å². The van der Waals surface area contributed by atoms with Crippen LogP contribution in [0.5, 0.6) is 0 Å². The number of piperazine rings is 1. The number of likely N-dealkylation sites (N-methyl/N-ethyl adjacent to an activating group) is 1. The maximum atomic E-state index is 13.4. The van der Waals surface area contributed by atoms with Crippen molar-refractivity contribution in [2.75, 3.05) is 26.7 Å². The SMILES string of the molecule is CN1CCNCC1c1noc(CC(c2ccccc2)C(F)(F)F)n1.Cl. The molecule has 5 nitrogen and oxygen atoms in total. The van der Waals surface area contributed by atoms with E-state index in [4.69, 9.17) is 4.52 Å². The van der Waals surface area contributed by atoms with Crippen molar-refractivity contribution < 1.29 is 17.7 Å². The van der Waals surface area contributed by atoms with Gasteiger partial charge in [0.1, 0.15) is 0 Å². The lowest BCUT2D eigenvalue weighted by Crippen LogP contribution is -2.44. The first-order valence-corrected chi connectivity index (χ1v) is 7.80. The van der Waals surface area contributed by atoms with E-state index < -0.39 is 12.1 Å². The number of aromatic nitrogens is 2. The van der Waals surface area contributed by atoms with Crippen LogP contribution in [0.25, 0.3) is 0 Å². The molecular weight excluding hydrogens is 357 g/mol. The van der Waals surface area contributed by atoms with E-state index in [1.165, 1.54) is 12.1 Å². The Labute approximate surface area is 150 Å². The number of hydrogen-bond donors (Lipinski definition) is 1. The molecule has 1 aromatic carbocycles. The van der Waals surface area contributed by atoms with Gasteiger partial charge in [-0.25, -0.2) is 0 Å². The van der Waals surface area contributed by atoms with Crippen LogP contribution in [0, 0.1) is 0 Å². The number of hydrogen-bond acceptors (Lipinski definition) is 5. The Kier molecular flexibility index (Phi) is 6.42. The molecule has 1 N–H and O–H groups in total. The zero-order valence-electron chi connectivity index (χ0n) is 13.7. The molecule has 1 saturated heterocycles. The van der Waals surface area contributed by atoms with Gasteiger partial charge in [-0.3, -0.25) is 4.90 Å². The quantitative estimate of drug-likeness (QED) is 0.889. The Bertz CT molecular complexity index is 665. The van der Waals surface area contributed by atoms with Crippen LogP contribution in [-0.4, -0.2) is 47.9 Å². The van der Waals surface area contributed by atoms with Crippen molar-refractivity contribution in [3.63, 3.8) is 0 Å². The van der Waals surface area contributed by atoms with E-state index in [1.54, 1.807) is 18.2 Å². The summed E-state index contributed by atoms with van der Waals surface area (Å²) >= 11 is 0. The molecule has 0 amide bonds. The second-order valence-electron chi connectivity index (χ2n) is 5.96. The molecule has 3 rings (SSSR count). The van der Waals surface area contributed by atoms with Gasteiger partial charge in [0.25, 0.3) is 0 Å². The Morgan fingerprint density at radius 2 is 2.04 bits per heavy atom. The standard InChI is InChI=1S/C16H19F3N4O.ClH/c1-23-8-7-20-10-13(23)15-21-14(24-22-15)9-12(16(17,18)19)11-5-3-2-4-6-11;/h2-6,12-13,20H,7-10H2,1H3;1H. The number of nitrogens with zero attached hydrogens (tertiary/aromatic N) is 3. The normalized spacial score (nSPS) is 20.1. The molecule has 25 heavy (non-hydrogen) atoms. The summed E-state index contributed by atoms with van der Waals surface area (Å²) in [6, 6.07) is 7.72. The van der Waals surface area contributed by atoms with Crippen molar-refractivity contribution in [2.24, 2.45) is 0 Å². The van der Waals surface area contributed by atoms with Gasteiger partial charge in [0.15, 0.2) is 5.82 Å². The molecule has 9 heteroatoms. The average molecular weight is 377 g/mol. The van der Waals surface area contributed by atoms with Crippen LogP contribution in [0.3, 0.4) is 0 Å². The topological polar surface area (TPSA) is 54.2 Å². The van der Waals surface area contributed by atoms with Gasteiger partial charge in [-0.2, -0.15) is 18.2 Å². The lowest BCUT2D eigenvalue weighted by molar-refractivity contribution is -0.151. The van der Waals surface area contributed by atoms with E-state index in [9.17, 15) is 13.2 Å². The highest BCUT2D eigenvalue weighted by molar-refractivity contribution is 5.85. The smallest absolute Gasteiger partial charge is 0.339 e. The third-order valence-corrected chi connectivity index (χ3v) is 4.27. The molecule has 0 aliphatic carbocycles. The predicted octanol–water partition coefficient (Wildman–Crippen LogP) is 2.96. The summed E-state index contributed by atoms with van der Waals surface area (Å²) in [7, 11) is 1.93. The summed E-state index contributed by atoms with van der Waals surface area (Å²) in [6.07, 6.45) is -4.73. The van der Waals surface area contributed by atoms with Crippen LogP contribution in [0.4, 0.5) is 13.2 Å². The Balaban J connectivity index is 0.00000225. The molecule has 2 aromatic rings. The second-order valence-corrected chi connectivity index (χ2v) is 5.96. The van der Waals surface area contributed by atoms with Crippen molar-refractivity contribution >= 4 is 12.4 Å². The number of alkyl halides is 3. The minimum Gasteiger partial charge on any atom is -0.339 e. The van der Waals surface area contributed by atoms with Crippen LogP contribution in [0.2, 0.25) is 0 Å². The molecule has 2 unspecified atom stereocenters. The molecule has 1 aliphatic rings. The van der Waals surface area contributed by atoms with Crippen LogP contribution >= 0.6 is 12.4 Å². The Hall–Kier alpha value is -1.64. The first-order valence-electron chi connectivity index (χ1n) is 7.80. The van der Waals surface area contributed by atoms with Crippen LogP contribution in [0.1, 0.15) is 29.2 Å². The van der Waals surface area contributed by atoms with E-state index in [2.05, 4.69) is 20.4 Å². The molecule has 1 fully saturated rings. The van der Waals surface area contributed by atoms with Gasteiger partial charge in [0, 0.05) is 26.1 Å². The zero-order chi connectivity index (χ0) is 17.2. The highest BCUT2D eigenvalue weighted by Gasteiger charge is 2.42. The predicted molar refractivity (Wildman–Crippen MR) is 88.7 cm³/mol. The fourth-order valence-corrected chi connectivity index (χ4v) is 2.86. The third kappa shape index (κ3) is 4.71. The van der Waals surface area contributed by atoms with Gasteiger partial charge < -0.3 is 9.84 Å². The molecular formula is C16H20ClF3N4O. The highest BCUT2D eigenvalue weighted by Crippen LogP contribution is 2.37. The van der Waals surface area contributed by atoms with Gasteiger partial charge in [-0.15, -0.1) is 12.4 Å². The van der Waals surface area contributed by atoms with Crippen molar-refractivity contribution in [1.82, 2.24) is 20.4 Å². The molecule has 0 radical (unpaired) electrons. The van der Waals surface area contributed by atoms with E-state index in [0.29, 0.717) is 12.4 Å². The maximum absolute atomic E-state index is 13.4. The fraction of sp³-hybridized carbons (Fsp3) is 0.500. The van der Waals surface area contributed by atoms with Gasteiger partial charge in [-0.1, -0.05) is 35.5 Å². The first-order chi connectivity index (χ1) is 11.4. The average Bonchev–Trinajstić information content (AvgIpc) is 3.01. The number of benzene rings is 1. The van der Waals surface area contributed by atoms with E-state index in [1.807, 2.05) is 7.05 Å². The van der Waals surface area contributed by atoms with Gasteiger partial charge in [-0.05, 0) is 12.6 Å². The van der Waals surface area contributed by atoms with Gasteiger partial charge >= 0.3 is 6.18 Å². The first kappa shape index (κ1) is 19.7. The summed E-state index contributed by atoms with van der Waals surface area (Å²) in [5.74, 6) is -1.22. The van der Waals surface area contributed by atoms with Gasteiger partial charge in [0.05, 0.1) is 12.0 Å². The lowest BCUT2D eigenvalue weighted by Gasteiger charge is -2.30. The Morgan fingerprint density at radius 3 is 2.68 bits per heavy atom. The molecule has 2 heterocycles. The summed E-state index contributed by atoms with van der Waals surface area (Å²) in [5.41, 5.74) is 0.196. The van der Waals surface area contributed by atoms with E-state index >= 15 is 0 Å². The molecule has 0 spiro atoms. The molecule has 1 aliphatic heterocycles. The third-order valence-electron chi connectivity index (χ3n) is 4.27. The zero-order valence-corrected chi connectivity index (χ0v) is 14.5. The summed E-state index contributed by atoms with van der Waals surface area (Å²) in [4.78, 5) is 6.26.